The lowest BCUT2D eigenvalue weighted by Gasteiger charge is -2.31. The summed E-state index contributed by atoms with van der Waals surface area (Å²) in [5.41, 5.74) is 4.33. The molecule has 2 unspecified atom stereocenters. The molecule has 1 heterocycles. The number of nitrogens with zero attached hydrogens (tertiary/aromatic N) is 1. The Kier molecular flexibility index (Phi) is 4.21. The van der Waals surface area contributed by atoms with E-state index in [0.717, 1.165) is 22.5 Å². The molecule has 0 aromatic heterocycles. The van der Waals surface area contributed by atoms with Gasteiger partial charge in [0.15, 0.2) is 5.78 Å². The van der Waals surface area contributed by atoms with E-state index in [-0.39, 0.29) is 23.4 Å². The zero-order chi connectivity index (χ0) is 15.7. The summed E-state index contributed by atoms with van der Waals surface area (Å²) in [5.74, 6) is -0.540. The van der Waals surface area contributed by atoms with Crippen LogP contribution in [-0.2, 0) is 9.59 Å². The fraction of sp³-hybridized carbons (Fsp3) is 0.389. The Bertz CT molecular complexity index is 650. The second-order valence-corrected chi connectivity index (χ2v) is 5.79. The Labute approximate surface area is 125 Å². The molecule has 1 aliphatic rings. The lowest BCUT2D eigenvalue weighted by atomic mass is 9.73. The summed E-state index contributed by atoms with van der Waals surface area (Å²) in [7, 11) is 0. The van der Waals surface area contributed by atoms with Gasteiger partial charge in [0.25, 0.3) is 0 Å². The van der Waals surface area contributed by atoms with E-state index >= 15 is 0 Å². The number of hydrogen-bond donors (Lipinski definition) is 0. The van der Waals surface area contributed by atoms with E-state index in [1.54, 1.807) is 13.8 Å². The van der Waals surface area contributed by atoms with Crippen molar-refractivity contribution in [3.63, 3.8) is 0 Å². The summed E-state index contributed by atoms with van der Waals surface area (Å²) in [4.78, 5) is 28.7. The average Bonchev–Trinajstić information content (AvgIpc) is 2.37. The molecule has 0 amide bonds. The van der Waals surface area contributed by atoms with Crippen LogP contribution in [-0.4, -0.2) is 17.3 Å². The third kappa shape index (κ3) is 2.87. The minimum Gasteiger partial charge on any atom is -0.299 e. The van der Waals surface area contributed by atoms with Gasteiger partial charge in [0.2, 0.25) is 0 Å². The average molecular weight is 283 g/mol. The van der Waals surface area contributed by atoms with Crippen LogP contribution in [0.1, 0.15) is 44.7 Å². The van der Waals surface area contributed by atoms with Gasteiger partial charge in [-0.15, -0.1) is 0 Å². The molecular formula is C18H21NO2. The quantitative estimate of drug-likeness (QED) is 0.850. The van der Waals surface area contributed by atoms with Crippen molar-refractivity contribution in [2.45, 2.75) is 40.5 Å². The first-order valence-corrected chi connectivity index (χ1v) is 7.16. The predicted octanol–water partition coefficient (Wildman–Crippen LogP) is 3.62. The van der Waals surface area contributed by atoms with Gasteiger partial charge in [-0.05, 0) is 40.2 Å². The minimum absolute atomic E-state index is 0.0134. The van der Waals surface area contributed by atoms with Gasteiger partial charge >= 0.3 is 0 Å². The largest absolute Gasteiger partial charge is 0.299 e. The molecule has 0 N–H and O–H groups in total. The molecule has 0 bridgehead atoms. The summed E-state index contributed by atoms with van der Waals surface area (Å²) in [6.07, 6.45) is 0. The fourth-order valence-electron chi connectivity index (χ4n) is 3.16. The molecule has 0 fully saturated rings. The Hall–Kier alpha value is -2.03. The van der Waals surface area contributed by atoms with E-state index < -0.39 is 0 Å². The number of allylic oxidation sites excluding steroid dienone is 2. The summed E-state index contributed by atoms with van der Waals surface area (Å²) < 4.78 is 0. The zero-order valence-corrected chi connectivity index (χ0v) is 13.2. The molecule has 2 atom stereocenters. The van der Waals surface area contributed by atoms with Crippen LogP contribution in [0.15, 0.2) is 40.5 Å². The van der Waals surface area contributed by atoms with Gasteiger partial charge in [0.1, 0.15) is 5.78 Å². The van der Waals surface area contributed by atoms with Crippen LogP contribution >= 0.6 is 0 Å². The van der Waals surface area contributed by atoms with Gasteiger partial charge < -0.3 is 0 Å². The van der Waals surface area contributed by atoms with Crippen LogP contribution in [0.25, 0.3) is 0 Å². The number of hydrogen-bond acceptors (Lipinski definition) is 3. The Morgan fingerprint density at radius 1 is 1.00 bits per heavy atom. The van der Waals surface area contributed by atoms with Crippen LogP contribution < -0.4 is 0 Å². The first-order valence-electron chi connectivity index (χ1n) is 7.16. The summed E-state index contributed by atoms with van der Waals surface area (Å²) >= 11 is 0. The number of ketones is 2. The molecule has 1 aliphatic heterocycles. The van der Waals surface area contributed by atoms with Gasteiger partial charge in [-0.25, -0.2) is 0 Å². The van der Waals surface area contributed by atoms with E-state index in [0.29, 0.717) is 5.57 Å². The highest BCUT2D eigenvalue weighted by molar-refractivity contribution is 6.09. The molecule has 0 spiro atoms. The monoisotopic (exact) mass is 283 g/mol. The van der Waals surface area contributed by atoms with Crippen molar-refractivity contribution in [1.82, 2.24) is 0 Å². The van der Waals surface area contributed by atoms with Crippen molar-refractivity contribution < 1.29 is 9.59 Å². The number of aryl methyl sites for hydroxylation is 1. The number of rotatable bonds is 3. The normalized spacial score (nSPS) is 22.0. The van der Waals surface area contributed by atoms with Crippen LogP contribution in [0.3, 0.4) is 0 Å². The summed E-state index contributed by atoms with van der Waals surface area (Å²) in [5, 5.41) is 0. The maximum Gasteiger partial charge on any atom is 0.158 e. The van der Waals surface area contributed by atoms with Gasteiger partial charge in [-0.1, -0.05) is 29.8 Å². The van der Waals surface area contributed by atoms with Crippen molar-refractivity contribution in [1.29, 1.82) is 0 Å². The maximum absolute atomic E-state index is 12.1. The summed E-state index contributed by atoms with van der Waals surface area (Å²) in [6.45, 7) is 8.86. The lowest BCUT2D eigenvalue weighted by Crippen LogP contribution is -2.33. The van der Waals surface area contributed by atoms with E-state index in [2.05, 4.69) is 4.99 Å². The molecule has 2 rings (SSSR count). The van der Waals surface area contributed by atoms with E-state index in [9.17, 15) is 9.59 Å². The smallest absolute Gasteiger partial charge is 0.158 e. The second kappa shape index (κ2) is 5.76. The van der Waals surface area contributed by atoms with Crippen LogP contribution in [0.2, 0.25) is 0 Å². The third-order valence-corrected chi connectivity index (χ3v) is 4.08. The lowest BCUT2D eigenvalue weighted by molar-refractivity contribution is -0.119. The zero-order valence-electron chi connectivity index (χ0n) is 13.2. The molecule has 21 heavy (non-hydrogen) atoms. The van der Waals surface area contributed by atoms with Gasteiger partial charge in [-0.2, -0.15) is 0 Å². The second-order valence-electron chi connectivity index (χ2n) is 5.79. The summed E-state index contributed by atoms with van der Waals surface area (Å²) in [6, 6.07) is 8.04. The van der Waals surface area contributed by atoms with Crippen molar-refractivity contribution in [3.05, 3.63) is 46.7 Å². The Morgan fingerprint density at radius 3 is 2.05 bits per heavy atom. The van der Waals surface area contributed by atoms with Crippen LogP contribution in [0.5, 0.6) is 0 Å². The predicted molar refractivity (Wildman–Crippen MR) is 84.6 cm³/mol. The highest BCUT2D eigenvalue weighted by atomic mass is 16.1. The van der Waals surface area contributed by atoms with Crippen LogP contribution in [0, 0.1) is 12.8 Å². The maximum atomic E-state index is 12.1. The van der Waals surface area contributed by atoms with Gasteiger partial charge in [-0.3, -0.25) is 14.6 Å². The Morgan fingerprint density at radius 2 is 1.57 bits per heavy atom. The topological polar surface area (TPSA) is 46.5 Å². The van der Waals surface area contributed by atoms with Crippen molar-refractivity contribution in [2.75, 3.05) is 0 Å². The van der Waals surface area contributed by atoms with E-state index in [1.807, 2.05) is 45.0 Å². The molecule has 0 radical (unpaired) electrons. The van der Waals surface area contributed by atoms with Crippen LogP contribution in [0.4, 0.5) is 0 Å². The molecule has 110 valence electrons. The number of benzene rings is 1. The molecule has 0 saturated carbocycles. The third-order valence-electron chi connectivity index (χ3n) is 4.08. The Balaban J connectivity index is 2.65. The SMILES string of the molecule is CC(=O)C1=C(C)N=C(C)C(C(C)=O)C1c1ccc(C)cc1. The molecule has 0 aliphatic carbocycles. The fourth-order valence-corrected chi connectivity index (χ4v) is 3.16. The highest BCUT2D eigenvalue weighted by Crippen LogP contribution is 2.39. The van der Waals surface area contributed by atoms with Crippen molar-refractivity contribution >= 4 is 17.3 Å². The number of aliphatic imine (C=N–C) groups is 1. The molecule has 3 heteroatoms. The van der Waals surface area contributed by atoms with E-state index in [1.165, 1.54) is 0 Å². The van der Waals surface area contributed by atoms with Crippen molar-refractivity contribution in [2.24, 2.45) is 10.9 Å². The highest BCUT2D eigenvalue weighted by Gasteiger charge is 2.37. The molecular weight excluding hydrogens is 262 g/mol. The number of carbonyl (C=O) groups excluding carboxylic acids is 2. The van der Waals surface area contributed by atoms with E-state index in [4.69, 9.17) is 0 Å². The first-order chi connectivity index (χ1) is 9.82. The van der Waals surface area contributed by atoms with Gasteiger partial charge in [0.05, 0.1) is 5.92 Å². The molecule has 3 nitrogen and oxygen atoms in total. The standard InChI is InChI=1S/C18H21NO2/c1-10-6-8-15(9-7-10)18-16(13(4)20)11(2)19-12(3)17(18)14(5)21/h6-9,16,18H,1-5H3. The van der Waals surface area contributed by atoms with Gasteiger partial charge in [0, 0.05) is 22.9 Å². The molecule has 1 aromatic carbocycles. The van der Waals surface area contributed by atoms with Crippen molar-refractivity contribution in [3.8, 4) is 0 Å². The number of Topliss-reactive ketones (excluding diaryl/α,β-unsaturated/α-hetero) is 2. The minimum atomic E-state index is -0.352. The molecule has 0 saturated heterocycles. The number of carbonyl (C=O) groups is 2. The first kappa shape index (κ1) is 15.4. The molecule has 1 aromatic rings.